The van der Waals surface area contributed by atoms with E-state index in [4.69, 9.17) is 4.74 Å². The van der Waals surface area contributed by atoms with Crippen LogP contribution < -0.4 is 5.43 Å². The molecule has 4 N–H and O–H groups in total. The molecule has 168 valence electrons. The lowest BCUT2D eigenvalue weighted by atomic mass is 10.1. The van der Waals surface area contributed by atoms with Crippen molar-refractivity contribution in [2.75, 3.05) is 12.0 Å². The number of pyridine rings is 1. The smallest absolute Gasteiger partial charge is 0.177 e. The number of ether oxygens (including phenoxy) is 1. The molecule has 3 aromatic heterocycles. The Morgan fingerprint density at radius 3 is 2.61 bits per heavy atom. The van der Waals surface area contributed by atoms with Gasteiger partial charge in [-0.25, -0.2) is 15.0 Å². The Hall–Kier alpha value is -3.77. The minimum atomic E-state index is -1.24. The molecule has 1 aromatic carbocycles. The number of nitrogens with zero attached hydrogens (tertiary/aromatic N) is 6. The Morgan fingerprint density at radius 2 is 1.88 bits per heavy atom. The largest absolute Gasteiger partial charge is 0.394 e. The molecule has 0 unspecified atom stereocenters. The number of anilines is 1. The number of fused-ring (bicyclic) bond motifs is 1. The van der Waals surface area contributed by atoms with Gasteiger partial charge in [-0.1, -0.05) is 30.3 Å². The van der Waals surface area contributed by atoms with Crippen LogP contribution in [-0.2, 0) is 4.74 Å². The van der Waals surface area contributed by atoms with Gasteiger partial charge in [-0.3, -0.25) is 15.0 Å². The Bertz CT molecular complexity index is 1260. The van der Waals surface area contributed by atoms with Crippen LogP contribution >= 0.6 is 0 Å². The minimum Gasteiger partial charge on any atom is -0.394 e. The molecule has 5 rings (SSSR count). The lowest BCUT2D eigenvalue weighted by Gasteiger charge is -2.16. The first-order valence-electron chi connectivity index (χ1n) is 10.3. The highest BCUT2D eigenvalue weighted by atomic mass is 16.6. The fourth-order valence-electron chi connectivity index (χ4n) is 3.67. The topological polar surface area (TPSA) is 151 Å². The van der Waals surface area contributed by atoms with Gasteiger partial charge in [0.05, 0.1) is 24.8 Å². The third-order valence-electron chi connectivity index (χ3n) is 5.41. The molecular formula is C22H21N7O4. The number of aliphatic hydroxyl groups is 3. The Balaban J connectivity index is 1.32. The number of aliphatic hydroxyl groups excluding tert-OH is 3. The van der Waals surface area contributed by atoms with Crippen molar-refractivity contribution in [3.8, 4) is 11.3 Å². The first kappa shape index (κ1) is 21.1. The van der Waals surface area contributed by atoms with Crippen LogP contribution in [0.5, 0.6) is 0 Å². The van der Waals surface area contributed by atoms with Crippen LogP contribution in [0.4, 0.5) is 5.82 Å². The molecule has 4 atom stereocenters. The summed E-state index contributed by atoms with van der Waals surface area (Å²) in [5, 5.41) is 33.9. The molecule has 1 aliphatic rings. The molecular weight excluding hydrogens is 426 g/mol. The summed E-state index contributed by atoms with van der Waals surface area (Å²) in [6.45, 7) is -0.416. The van der Waals surface area contributed by atoms with Crippen molar-refractivity contribution in [1.82, 2.24) is 24.5 Å². The molecule has 0 amide bonds. The van der Waals surface area contributed by atoms with E-state index in [-0.39, 0.29) is 0 Å². The number of hydrazone groups is 1. The number of imidazole rings is 1. The molecule has 0 spiro atoms. The van der Waals surface area contributed by atoms with Crippen molar-refractivity contribution < 1.29 is 20.1 Å². The van der Waals surface area contributed by atoms with Gasteiger partial charge in [0, 0.05) is 11.8 Å². The fourth-order valence-corrected chi connectivity index (χ4v) is 3.67. The van der Waals surface area contributed by atoms with Crippen LogP contribution in [0.1, 0.15) is 11.8 Å². The molecule has 4 heterocycles. The van der Waals surface area contributed by atoms with Crippen molar-refractivity contribution in [3.05, 3.63) is 66.9 Å². The van der Waals surface area contributed by atoms with E-state index in [0.717, 1.165) is 16.8 Å². The monoisotopic (exact) mass is 447 g/mol. The molecule has 1 aliphatic heterocycles. The molecule has 0 aliphatic carbocycles. The van der Waals surface area contributed by atoms with Crippen molar-refractivity contribution in [2.45, 2.75) is 24.5 Å². The maximum atomic E-state index is 10.3. The van der Waals surface area contributed by atoms with E-state index >= 15 is 0 Å². The lowest BCUT2D eigenvalue weighted by Crippen LogP contribution is -2.33. The molecule has 0 saturated carbocycles. The van der Waals surface area contributed by atoms with Crippen LogP contribution in [0.2, 0.25) is 0 Å². The molecule has 0 radical (unpaired) electrons. The lowest BCUT2D eigenvalue weighted by molar-refractivity contribution is -0.0511. The standard InChI is InChI=1S/C22H21N7O4/c30-10-16-18(31)19(32)22(33-16)29-12-26-17-20(24-11-25-21(17)29)28-27-9-13-4-6-14(7-5-13)15-3-1-2-8-23-15/h1-9,11-12,16,18-19,22,30-32H,10H2,(H,24,25,28)/b27-9+/t16-,18-,19-,22-/m1/s1. The molecule has 1 fully saturated rings. The number of aromatic nitrogens is 5. The molecule has 11 nitrogen and oxygen atoms in total. The fraction of sp³-hybridized carbons (Fsp3) is 0.227. The summed E-state index contributed by atoms with van der Waals surface area (Å²) in [5.74, 6) is 0.367. The molecule has 4 aromatic rings. The van der Waals surface area contributed by atoms with Crippen molar-refractivity contribution in [1.29, 1.82) is 0 Å². The van der Waals surface area contributed by atoms with E-state index in [1.165, 1.54) is 17.2 Å². The molecule has 1 saturated heterocycles. The van der Waals surface area contributed by atoms with Crippen LogP contribution in [0.3, 0.4) is 0 Å². The van der Waals surface area contributed by atoms with Gasteiger partial charge in [0.15, 0.2) is 23.2 Å². The van der Waals surface area contributed by atoms with Crippen molar-refractivity contribution in [2.24, 2.45) is 5.10 Å². The summed E-state index contributed by atoms with van der Waals surface area (Å²) < 4.78 is 7.06. The third kappa shape index (κ3) is 4.05. The van der Waals surface area contributed by atoms with Gasteiger partial charge in [0.1, 0.15) is 24.6 Å². The first-order valence-corrected chi connectivity index (χ1v) is 10.3. The Morgan fingerprint density at radius 1 is 1.03 bits per heavy atom. The first-order chi connectivity index (χ1) is 16.2. The van der Waals surface area contributed by atoms with Crippen molar-refractivity contribution >= 4 is 23.2 Å². The average Bonchev–Trinajstić information content (AvgIpc) is 3.41. The summed E-state index contributed by atoms with van der Waals surface area (Å²) in [6.07, 6.45) is 1.89. The number of hydrogen-bond donors (Lipinski definition) is 4. The van der Waals surface area contributed by atoms with Crippen LogP contribution in [0.25, 0.3) is 22.4 Å². The van der Waals surface area contributed by atoms with Crippen molar-refractivity contribution in [3.63, 3.8) is 0 Å². The van der Waals surface area contributed by atoms with E-state index < -0.39 is 31.1 Å². The number of rotatable bonds is 6. The summed E-state index contributed by atoms with van der Waals surface area (Å²) >= 11 is 0. The van der Waals surface area contributed by atoms with Gasteiger partial charge in [-0.2, -0.15) is 5.10 Å². The zero-order chi connectivity index (χ0) is 22.8. The highest BCUT2D eigenvalue weighted by Crippen LogP contribution is 2.32. The molecule has 0 bridgehead atoms. The van der Waals surface area contributed by atoms with Crippen LogP contribution in [-0.4, -0.2) is 71.0 Å². The van der Waals surface area contributed by atoms with Gasteiger partial charge in [-0.15, -0.1) is 0 Å². The number of hydrogen-bond acceptors (Lipinski definition) is 10. The van der Waals surface area contributed by atoms with Crippen LogP contribution in [0.15, 0.2) is 66.4 Å². The Labute approximate surface area is 188 Å². The average molecular weight is 447 g/mol. The van der Waals surface area contributed by atoms with E-state index in [1.807, 2.05) is 42.5 Å². The summed E-state index contributed by atoms with van der Waals surface area (Å²) in [7, 11) is 0. The normalized spacial score (nSPS) is 22.9. The second-order valence-corrected chi connectivity index (χ2v) is 7.48. The quantitative estimate of drug-likeness (QED) is 0.250. The predicted molar refractivity (Wildman–Crippen MR) is 119 cm³/mol. The summed E-state index contributed by atoms with van der Waals surface area (Å²) in [6, 6.07) is 13.6. The minimum absolute atomic E-state index is 0.367. The molecule has 11 heteroatoms. The van der Waals surface area contributed by atoms with Gasteiger partial charge in [0.25, 0.3) is 0 Å². The SMILES string of the molecule is OC[C@H]1O[C@@H](n2cnc3c(N/N=C/c4ccc(-c5ccccn5)cc4)ncnc32)[C@H](O)[C@@H]1O. The highest BCUT2D eigenvalue weighted by molar-refractivity contribution is 5.85. The zero-order valence-corrected chi connectivity index (χ0v) is 17.3. The second kappa shape index (κ2) is 9.00. The van der Waals surface area contributed by atoms with E-state index in [2.05, 4.69) is 30.5 Å². The van der Waals surface area contributed by atoms with Gasteiger partial charge in [-0.05, 0) is 17.7 Å². The van der Waals surface area contributed by atoms with Gasteiger partial charge < -0.3 is 20.1 Å². The zero-order valence-electron chi connectivity index (χ0n) is 17.3. The summed E-state index contributed by atoms with van der Waals surface area (Å²) in [4.78, 5) is 17.0. The van der Waals surface area contributed by atoms with E-state index in [9.17, 15) is 15.3 Å². The molecule has 33 heavy (non-hydrogen) atoms. The maximum absolute atomic E-state index is 10.3. The Kier molecular flexibility index (Phi) is 5.75. The third-order valence-corrected chi connectivity index (χ3v) is 5.41. The van der Waals surface area contributed by atoms with Crippen LogP contribution in [0, 0.1) is 0 Å². The summed E-state index contributed by atoms with van der Waals surface area (Å²) in [5.41, 5.74) is 6.45. The number of benzene rings is 1. The van der Waals surface area contributed by atoms with Gasteiger partial charge in [0.2, 0.25) is 0 Å². The maximum Gasteiger partial charge on any atom is 0.177 e. The predicted octanol–water partition coefficient (Wildman–Crippen LogP) is 0.946. The number of nitrogens with one attached hydrogen (secondary N) is 1. The second-order valence-electron chi connectivity index (χ2n) is 7.48. The highest BCUT2D eigenvalue weighted by Gasteiger charge is 2.44. The van der Waals surface area contributed by atoms with Gasteiger partial charge >= 0.3 is 0 Å². The van der Waals surface area contributed by atoms with E-state index in [0.29, 0.717) is 17.0 Å². The van der Waals surface area contributed by atoms with E-state index in [1.54, 1.807) is 12.4 Å².